The van der Waals surface area contributed by atoms with Crippen molar-refractivity contribution in [2.45, 2.75) is 19.4 Å². The van der Waals surface area contributed by atoms with Gasteiger partial charge in [0, 0.05) is 16.1 Å². The van der Waals surface area contributed by atoms with Crippen LogP contribution in [0.2, 0.25) is 0 Å². The fraction of sp³-hybridized carbons (Fsp3) is 0.200. The van der Waals surface area contributed by atoms with Crippen LogP contribution < -0.4 is 14.4 Å². The Balaban J connectivity index is 1.79. The van der Waals surface area contributed by atoms with Crippen LogP contribution in [-0.4, -0.2) is 30.5 Å². The van der Waals surface area contributed by atoms with Crippen molar-refractivity contribution in [1.29, 1.82) is 0 Å². The molecule has 1 aromatic heterocycles. The molecule has 0 spiro atoms. The van der Waals surface area contributed by atoms with Crippen molar-refractivity contribution in [3.63, 3.8) is 0 Å². The van der Waals surface area contributed by atoms with Crippen molar-refractivity contribution in [3.05, 3.63) is 82.1 Å². The van der Waals surface area contributed by atoms with Gasteiger partial charge in [0.2, 0.25) is 0 Å². The van der Waals surface area contributed by atoms with Gasteiger partial charge in [-0.3, -0.25) is 14.5 Å². The van der Waals surface area contributed by atoms with Gasteiger partial charge in [-0.15, -0.1) is 11.3 Å². The van der Waals surface area contributed by atoms with Gasteiger partial charge in [-0.25, -0.2) is 0 Å². The Kier molecular flexibility index (Phi) is 6.28. The highest BCUT2D eigenvalue weighted by atomic mass is 32.1. The summed E-state index contributed by atoms with van der Waals surface area (Å²) in [6, 6.07) is 16.8. The van der Waals surface area contributed by atoms with Crippen LogP contribution in [0.4, 0.5) is 5.69 Å². The number of carbonyl (C=O) groups is 2. The Hall–Kier alpha value is -3.58. The molecule has 4 rings (SSSR count). The highest BCUT2D eigenvalue weighted by Gasteiger charge is 2.47. The van der Waals surface area contributed by atoms with E-state index in [4.69, 9.17) is 9.47 Å². The van der Waals surface area contributed by atoms with E-state index in [0.717, 1.165) is 11.3 Å². The first-order valence-corrected chi connectivity index (χ1v) is 11.1. The summed E-state index contributed by atoms with van der Waals surface area (Å²) < 4.78 is 10.8. The number of hydrogen-bond donors (Lipinski definition) is 1. The Morgan fingerprint density at radius 2 is 1.72 bits per heavy atom. The number of nitrogens with zero attached hydrogens (tertiary/aromatic N) is 1. The third kappa shape index (κ3) is 3.99. The van der Waals surface area contributed by atoms with Crippen molar-refractivity contribution >= 4 is 34.5 Å². The number of carbonyl (C=O) groups excluding carboxylic acids is 2. The zero-order valence-corrected chi connectivity index (χ0v) is 18.6. The lowest BCUT2D eigenvalue weighted by Crippen LogP contribution is -2.29. The van der Waals surface area contributed by atoms with Crippen LogP contribution in [0.3, 0.4) is 0 Å². The molecular formula is C25H23NO5S. The minimum Gasteiger partial charge on any atom is -0.507 e. The Bertz CT molecular complexity index is 1130. The second-order valence-corrected chi connectivity index (χ2v) is 8.23. The van der Waals surface area contributed by atoms with Gasteiger partial charge in [0.15, 0.2) is 0 Å². The van der Waals surface area contributed by atoms with Gasteiger partial charge in [0.05, 0.1) is 19.3 Å². The van der Waals surface area contributed by atoms with Gasteiger partial charge in [-0.2, -0.15) is 0 Å². The van der Waals surface area contributed by atoms with Gasteiger partial charge >= 0.3 is 0 Å². The summed E-state index contributed by atoms with van der Waals surface area (Å²) in [6.07, 6.45) is 0.886. The summed E-state index contributed by atoms with van der Waals surface area (Å²) in [4.78, 5) is 28.4. The highest BCUT2D eigenvalue weighted by Crippen LogP contribution is 2.43. The van der Waals surface area contributed by atoms with E-state index in [1.165, 1.54) is 16.2 Å². The fourth-order valence-electron chi connectivity index (χ4n) is 3.64. The smallest absolute Gasteiger partial charge is 0.300 e. The third-order valence-electron chi connectivity index (χ3n) is 5.21. The molecule has 1 N–H and O–H groups in total. The standard InChI is InChI=1S/C25H23NO5S/c1-3-14-31-19-10-6-16(7-11-19)23(27)21-22(20-5-4-15-32-20)26(25(29)24(21)28)17-8-12-18(30-2)13-9-17/h4-13,15,22,27H,3,14H2,1-2H3/b23-21-. The molecule has 7 heteroatoms. The minimum atomic E-state index is -0.723. The van der Waals surface area contributed by atoms with E-state index in [0.29, 0.717) is 29.4 Å². The number of ether oxygens (including phenoxy) is 2. The Labute approximate surface area is 190 Å². The predicted octanol–water partition coefficient (Wildman–Crippen LogP) is 5.17. The molecule has 0 radical (unpaired) electrons. The summed E-state index contributed by atoms with van der Waals surface area (Å²) >= 11 is 1.42. The van der Waals surface area contributed by atoms with Crippen LogP contribution in [0.15, 0.2) is 71.6 Å². The molecule has 1 saturated heterocycles. The van der Waals surface area contributed by atoms with Crippen molar-refractivity contribution in [1.82, 2.24) is 0 Å². The Morgan fingerprint density at radius 3 is 2.31 bits per heavy atom. The molecule has 2 aromatic carbocycles. The summed E-state index contributed by atoms with van der Waals surface area (Å²) in [5, 5.41) is 13.0. The minimum absolute atomic E-state index is 0.0653. The van der Waals surface area contributed by atoms with Crippen LogP contribution >= 0.6 is 11.3 Å². The molecule has 1 unspecified atom stereocenters. The average Bonchev–Trinajstić information content (AvgIpc) is 3.45. The number of aliphatic hydroxyl groups is 1. The Morgan fingerprint density at radius 1 is 1.03 bits per heavy atom. The summed E-state index contributed by atoms with van der Waals surface area (Å²) in [6.45, 7) is 2.61. The maximum absolute atomic E-state index is 13.1. The maximum Gasteiger partial charge on any atom is 0.300 e. The molecule has 1 aliphatic heterocycles. The first-order valence-electron chi connectivity index (χ1n) is 10.3. The maximum atomic E-state index is 13.1. The molecule has 2 heterocycles. The first kappa shape index (κ1) is 21.6. The summed E-state index contributed by atoms with van der Waals surface area (Å²) in [5.74, 6) is -0.291. The van der Waals surface area contributed by atoms with Gasteiger partial charge in [-0.1, -0.05) is 13.0 Å². The van der Waals surface area contributed by atoms with Crippen molar-refractivity contribution in [3.8, 4) is 11.5 Å². The molecule has 1 aliphatic rings. The average molecular weight is 450 g/mol. The molecule has 1 amide bonds. The van der Waals surface area contributed by atoms with E-state index >= 15 is 0 Å². The molecule has 1 fully saturated rings. The van der Waals surface area contributed by atoms with Crippen molar-refractivity contribution < 1.29 is 24.2 Å². The van der Waals surface area contributed by atoms with Gasteiger partial charge in [0.1, 0.15) is 23.3 Å². The zero-order chi connectivity index (χ0) is 22.7. The number of ketones is 1. The molecule has 0 aliphatic carbocycles. The zero-order valence-electron chi connectivity index (χ0n) is 17.8. The fourth-order valence-corrected chi connectivity index (χ4v) is 4.47. The third-order valence-corrected chi connectivity index (χ3v) is 6.13. The van der Waals surface area contributed by atoms with E-state index in [2.05, 4.69) is 0 Å². The monoisotopic (exact) mass is 449 g/mol. The van der Waals surface area contributed by atoms with Crippen LogP contribution in [0.1, 0.15) is 29.8 Å². The number of hydrogen-bond acceptors (Lipinski definition) is 6. The van der Waals surface area contributed by atoms with Crippen LogP contribution in [0.25, 0.3) is 5.76 Å². The van der Waals surface area contributed by atoms with E-state index in [-0.39, 0.29) is 11.3 Å². The number of amides is 1. The first-order chi connectivity index (χ1) is 15.5. The lowest BCUT2D eigenvalue weighted by molar-refractivity contribution is -0.132. The normalized spacial score (nSPS) is 17.6. The topological polar surface area (TPSA) is 76.1 Å². The van der Waals surface area contributed by atoms with E-state index in [1.54, 1.807) is 55.6 Å². The van der Waals surface area contributed by atoms with Crippen molar-refractivity contribution in [2.75, 3.05) is 18.6 Å². The lowest BCUT2D eigenvalue weighted by Gasteiger charge is -2.24. The number of rotatable bonds is 7. The quantitative estimate of drug-likeness (QED) is 0.306. The molecular weight excluding hydrogens is 426 g/mol. The van der Waals surface area contributed by atoms with Gasteiger partial charge in [0.25, 0.3) is 11.7 Å². The number of aliphatic hydroxyl groups excluding tert-OH is 1. The van der Waals surface area contributed by atoms with E-state index < -0.39 is 17.7 Å². The molecule has 0 bridgehead atoms. The van der Waals surface area contributed by atoms with Crippen molar-refractivity contribution in [2.24, 2.45) is 0 Å². The van der Waals surface area contributed by atoms with Crippen LogP contribution in [0.5, 0.6) is 11.5 Å². The number of benzene rings is 2. The van der Waals surface area contributed by atoms with Gasteiger partial charge in [-0.05, 0) is 66.4 Å². The SMILES string of the molecule is CCCOc1ccc(/C(O)=C2/C(=O)C(=O)N(c3ccc(OC)cc3)C2c2cccs2)cc1. The molecule has 6 nitrogen and oxygen atoms in total. The van der Waals surface area contributed by atoms with E-state index in [1.807, 2.05) is 24.4 Å². The second kappa shape index (κ2) is 9.28. The largest absolute Gasteiger partial charge is 0.507 e. The lowest BCUT2D eigenvalue weighted by atomic mass is 9.99. The van der Waals surface area contributed by atoms with E-state index in [9.17, 15) is 14.7 Å². The second-order valence-electron chi connectivity index (χ2n) is 7.26. The number of anilines is 1. The molecule has 0 saturated carbocycles. The molecule has 32 heavy (non-hydrogen) atoms. The number of methoxy groups -OCH3 is 1. The molecule has 164 valence electrons. The summed E-state index contributed by atoms with van der Waals surface area (Å²) in [5.41, 5.74) is 1.06. The summed E-state index contributed by atoms with van der Waals surface area (Å²) in [7, 11) is 1.56. The molecule has 1 atom stereocenters. The highest BCUT2D eigenvalue weighted by molar-refractivity contribution is 7.10. The number of Topliss-reactive ketones (excluding diaryl/α,β-unsaturated/α-hetero) is 1. The molecule has 3 aromatic rings. The predicted molar refractivity (Wildman–Crippen MR) is 124 cm³/mol. The van der Waals surface area contributed by atoms with Gasteiger partial charge < -0.3 is 14.6 Å². The number of thiophene rings is 1. The van der Waals surface area contributed by atoms with Crippen LogP contribution in [-0.2, 0) is 9.59 Å². The van der Waals surface area contributed by atoms with Crippen LogP contribution in [0, 0.1) is 0 Å².